The van der Waals surface area contributed by atoms with Gasteiger partial charge in [-0.2, -0.15) is 0 Å². The van der Waals surface area contributed by atoms with Gasteiger partial charge in [-0.05, 0) is 43.4 Å². The van der Waals surface area contributed by atoms with Gasteiger partial charge < -0.3 is 9.84 Å². The highest BCUT2D eigenvalue weighted by atomic mass is 16.6. The number of hydrogen-bond acceptors (Lipinski definition) is 2. The molecule has 0 spiro atoms. The van der Waals surface area contributed by atoms with Crippen LogP contribution in [0.2, 0.25) is 0 Å². The van der Waals surface area contributed by atoms with Crippen molar-refractivity contribution in [1.82, 2.24) is 0 Å². The molecule has 4 unspecified atom stereocenters. The van der Waals surface area contributed by atoms with Gasteiger partial charge in [0, 0.05) is 5.41 Å². The average molecular weight is 226 g/mol. The van der Waals surface area contributed by atoms with Crippen LogP contribution in [0.15, 0.2) is 0 Å². The first-order valence-corrected chi connectivity index (χ1v) is 6.74. The van der Waals surface area contributed by atoms with E-state index in [0.717, 1.165) is 11.8 Å². The number of hydrogen-bond donors (Lipinski definition) is 1. The van der Waals surface area contributed by atoms with Gasteiger partial charge in [0.1, 0.15) is 0 Å². The van der Waals surface area contributed by atoms with Crippen LogP contribution >= 0.6 is 0 Å². The monoisotopic (exact) mass is 226 g/mol. The third-order valence-corrected chi connectivity index (χ3v) is 5.10. The molecule has 0 aromatic carbocycles. The van der Waals surface area contributed by atoms with E-state index in [4.69, 9.17) is 4.74 Å². The molecule has 2 heteroatoms. The smallest absolute Gasteiger partial charge is 0.160 e. The fraction of sp³-hybridized carbons (Fsp3) is 1.00. The molecule has 2 aliphatic rings. The number of aliphatic hydroxyl groups is 1. The number of aliphatic hydroxyl groups excluding tert-OH is 1. The van der Waals surface area contributed by atoms with E-state index in [1.807, 2.05) is 0 Å². The number of rotatable bonds is 4. The Bertz CT molecular complexity index is 247. The van der Waals surface area contributed by atoms with Gasteiger partial charge in [-0.1, -0.05) is 27.7 Å². The van der Waals surface area contributed by atoms with Crippen LogP contribution in [0.4, 0.5) is 0 Å². The summed E-state index contributed by atoms with van der Waals surface area (Å²) in [6.07, 6.45) is 4.91. The zero-order valence-corrected chi connectivity index (χ0v) is 11.1. The lowest BCUT2D eigenvalue weighted by Crippen LogP contribution is -2.40. The first kappa shape index (κ1) is 12.4. The molecule has 2 aliphatic carbocycles. The van der Waals surface area contributed by atoms with Gasteiger partial charge in [0.25, 0.3) is 0 Å². The van der Waals surface area contributed by atoms with Gasteiger partial charge >= 0.3 is 0 Å². The maximum atomic E-state index is 10.2. The van der Waals surface area contributed by atoms with Crippen molar-refractivity contribution in [3.8, 4) is 0 Å². The first-order valence-electron chi connectivity index (χ1n) is 6.74. The second-order valence-corrected chi connectivity index (χ2v) is 6.68. The Morgan fingerprint density at radius 2 is 1.88 bits per heavy atom. The summed E-state index contributed by atoms with van der Waals surface area (Å²) in [5, 5.41) is 10.2. The summed E-state index contributed by atoms with van der Waals surface area (Å²) < 4.78 is 5.93. The van der Waals surface area contributed by atoms with Gasteiger partial charge in [0.15, 0.2) is 6.29 Å². The summed E-state index contributed by atoms with van der Waals surface area (Å²) in [5.41, 5.74) is -0.151. The summed E-state index contributed by atoms with van der Waals surface area (Å²) in [6, 6.07) is 0. The topological polar surface area (TPSA) is 29.5 Å². The molecule has 0 heterocycles. The van der Waals surface area contributed by atoms with Crippen molar-refractivity contribution in [2.24, 2.45) is 23.2 Å². The highest BCUT2D eigenvalue weighted by Crippen LogP contribution is 2.47. The van der Waals surface area contributed by atoms with Crippen molar-refractivity contribution in [3.05, 3.63) is 0 Å². The second kappa shape index (κ2) is 4.30. The lowest BCUT2D eigenvalue weighted by Gasteiger charge is -2.37. The van der Waals surface area contributed by atoms with Gasteiger partial charge in [-0.3, -0.25) is 0 Å². The largest absolute Gasteiger partial charge is 0.367 e. The Balaban J connectivity index is 1.90. The fourth-order valence-corrected chi connectivity index (χ4v) is 2.98. The Kier molecular flexibility index (Phi) is 3.33. The second-order valence-electron chi connectivity index (χ2n) is 6.68. The lowest BCUT2D eigenvalue weighted by molar-refractivity contribution is -0.211. The standard InChI is InChI=1S/C14H26O2/c1-9(2)14(3,4)13(15)16-12-8-10-5-6-11(12)7-10/h9-13,15H,5-8H2,1-4H3. The molecule has 0 radical (unpaired) electrons. The molecular formula is C14H26O2. The van der Waals surface area contributed by atoms with E-state index in [-0.39, 0.29) is 5.41 Å². The van der Waals surface area contributed by atoms with Crippen LogP contribution in [0.3, 0.4) is 0 Å². The summed E-state index contributed by atoms with van der Waals surface area (Å²) in [7, 11) is 0. The van der Waals surface area contributed by atoms with E-state index in [1.165, 1.54) is 25.7 Å². The third-order valence-electron chi connectivity index (χ3n) is 5.10. The van der Waals surface area contributed by atoms with Crippen LogP contribution in [0.5, 0.6) is 0 Å². The van der Waals surface area contributed by atoms with E-state index in [2.05, 4.69) is 27.7 Å². The minimum atomic E-state index is -0.614. The predicted octanol–water partition coefficient (Wildman–Crippen LogP) is 3.19. The van der Waals surface area contributed by atoms with Crippen LogP contribution in [0, 0.1) is 23.2 Å². The zero-order valence-electron chi connectivity index (χ0n) is 11.1. The third kappa shape index (κ3) is 2.14. The van der Waals surface area contributed by atoms with Crippen molar-refractivity contribution in [1.29, 1.82) is 0 Å². The van der Waals surface area contributed by atoms with Crippen molar-refractivity contribution in [2.75, 3.05) is 0 Å². The molecular weight excluding hydrogens is 200 g/mol. The quantitative estimate of drug-likeness (QED) is 0.746. The van der Waals surface area contributed by atoms with Crippen molar-refractivity contribution < 1.29 is 9.84 Å². The van der Waals surface area contributed by atoms with Crippen LogP contribution < -0.4 is 0 Å². The fourth-order valence-electron chi connectivity index (χ4n) is 2.98. The molecule has 94 valence electrons. The molecule has 4 atom stereocenters. The number of ether oxygens (including phenoxy) is 1. The Labute approximate surface area is 99.4 Å². The van der Waals surface area contributed by atoms with E-state index in [0.29, 0.717) is 12.0 Å². The van der Waals surface area contributed by atoms with Crippen LogP contribution in [-0.4, -0.2) is 17.5 Å². The molecule has 0 amide bonds. The SMILES string of the molecule is CC(C)C(C)(C)C(O)OC1CC2CCC1C2. The predicted molar refractivity (Wildman–Crippen MR) is 64.9 cm³/mol. The van der Waals surface area contributed by atoms with E-state index < -0.39 is 6.29 Å². The minimum absolute atomic E-state index is 0.151. The minimum Gasteiger partial charge on any atom is -0.367 e. The number of fused-ring (bicyclic) bond motifs is 2. The Hall–Kier alpha value is -0.0800. The Morgan fingerprint density at radius 3 is 2.31 bits per heavy atom. The molecule has 2 fully saturated rings. The normalized spacial score (nSPS) is 36.0. The molecule has 0 aromatic heterocycles. The summed E-state index contributed by atoms with van der Waals surface area (Å²) in [4.78, 5) is 0. The van der Waals surface area contributed by atoms with Gasteiger partial charge in [0.05, 0.1) is 6.10 Å². The first-order chi connectivity index (χ1) is 7.41. The summed E-state index contributed by atoms with van der Waals surface area (Å²) in [6.45, 7) is 8.48. The molecule has 1 N–H and O–H groups in total. The van der Waals surface area contributed by atoms with Gasteiger partial charge in [-0.15, -0.1) is 0 Å². The van der Waals surface area contributed by atoms with Gasteiger partial charge in [0.2, 0.25) is 0 Å². The zero-order chi connectivity index (χ0) is 11.9. The maximum absolute atomic E-state index is 10.2. The van der Waals surface area contributed by atoms with E-state index >= 15 is 0 Å². The molecule has 2 nitrogen and oxygen atoms in total. The highest BCUT2D eigenvalue weighted by molar-refractivity contribution is 4.91. The van der Waals surface area contributed by atoms with Crippen molar-refractivity contribution in [2.45, 2.75) is 65.8 Å². The maximum Gasteiger partial charge on any atom is 0.160 e. The molecule has 0 saturated heterocycles. The summed E-state index contributed by atoms with van der Waals surface area (Å²) in [5.74, 6) is 2.04. The van der Waals surface area contributed by atoms with Crippen LogP contribution in [0.1, 0.15) is 53.4 Å². The van der Waals surface area contributed by atoms with Crippen molar-refractivity contribution in [3.63, 3.8) is 0 Å². The van der Waals surface area contributed by atoms with Crippen LogP contribution in [0.25, 0.3) is 0 Å². The summed E-state index contributed by atoms with van der Waals surface area (Å²) >= 11 is 0. The molecule has 2 bridgehead atoms. The van der Waals surface area contributed by atoms with Crippen molar-refractivity contribution >= 4 is 0 Å². The highest BCUT2D eigenvalue weighted by Gasteiger charge is 2.43. The lowest BCUT2D eigenvalue weighted by atomic mass is 9.80. The molecule has 0 aromatic rings. The Morgan fingerprint density at radius 1 is 1.19 bits per heavy atom. The van der Waals surface area contributed by atoms with Crippen LogP contribution in [-0.2, 0) is 4.74 Å². The molecule has 0 aliphatic heterocycles. The van der Waals surface area contributed by atoms with E-state index in [9.17, 15) is 5.11 Å². The van der Waals surface area contributed by atoms with E-state index in [1.54, 1.807) is 0 Å². The molecule has 2 saturated carbocycles. The molecule has 16 heavy (non-hydrogen) atoms. The average Bonchev–Trinajstić information content (AvgIpc) is 2.78. The molecule has 2 rings (SSSR count). The van der Waals surface area contributed by atoms with Gasteiger partial charge in [-0.25, -0.2) is 0 Å².